The van der Waals surface area contributed by atoms with Crippen LogP contribution in [0.1, 0.15) is 47.7 Å². The van der Waals surface area contributed by atoms with E-state index in [0.29, 0.717) is 5.92 Å². The highest BCUT2D eigenvalue weighted by Crippen LogP contribution is 2.20. The summed E-state index contributed by atoms with van der Waals surface area (Å²) in [6, 6.07) is 5.86. The number of hydrazine groups is 1. The van der Waals surface area contributed by atoms with Crippen molar-refractivity contribution >= 4 is 5.91 Å². The molecule has 0 aliphatic heterocycles. The number of allylic oxidation sites excluding steroid dienone is 2. The normalized spacial score (nSPS) is 18.7. The zero-order valence-electron chi connectivity index (χ0n) is 11.9. The molecule has 0 fully saturated rings. The van der Waals surface area contributed by atoms with Crippen molar-refractivity contribution in [3.8, 4) is 0 Å². The number of amides is 1. The number of hydrogen-bond donors (Lipinski definition) is 2. The van der Waals surface area contributed by atoms with Crippen molar-refractivity contribution in [3.63, 3.8) is 0 Å². The second-order valence-electron chi connectivity index (χ2n) is 5.46. The Morgan fingerprint density at radius 1 is 1.32 bits per heavy atom. The van der Waals surface area contributed by atoms with E-state index in [1.54, 1.807) is 0 Å². The topological polar surface area (TPSA) is 41.1 Å². The van der Waals surface area contributed by atoms with Crippen LogP contribution in [0.5, 0.6) is 0 Å². The molecule has 1 aromatic rings. The van der Waals surface area contributed by atoms with Gasteiger partial charge >= 0.3 is 0 Å². The quantitative estimate of drug-likeness (QED) is 0.817. The Morgan fingerprint density at radius 3 is 2.79 bits per heavy atom. The third-order valence-electron chi connectivity index (χ3n) is 3.55. The molecule has 0 bridgehead atoms. The molecule has 0 spiro atoms. The molecule has 1 amide bonds. The van der Waals surface area contributed by atoms with Gasteiger partial charge in [-0.3, -0.25) is 10.2 Å². The van der Waals surface area contributed by atoms with Crippen LogP contribution in [0.3, 0.4) is 0 Å². The Bertz CT molecular complexity index is 505. The molecular weight excluding hydrogens is 236 g/mol. The Balaban J connectivity index is 1.98. The summed E-state index contributed by atoms with van der Waals surface area (Å²) in [5.74, 6) is 0.519. The number of carbonyl (C=O) groups is 1. The highest BCUT2D eigenvalue weighted by atomic mass is 16.2. The molecule has 0 heterocycles. The highest BCUT2D eigenvalue weighted by Gasteiger charge is 2.12. The van der Waals surface area contributed by atoms with E-state index in [4.69, 9.17) is 0 Å². The lowest BCUT2D eigenvalue weighted by molar-refractivity contribution is 0.0937. The number of aryl methyl sites for hydroxylation is 2. The maximum atomic E-state index is 12.1. The van der Waals surface area contributed by atoms with E-state index in [0.717, 1.165) is 23.2 Å². The molecule has 2 rings (SSSR count). The average molecular weight is 258 g/mol. The SMILES string of the molecule is Cc1ccc(C(=O)NNC2=C[C@H](C)CCC2)c(C)c1. The molecule has 1 aromatic carbocycles. The summed E-state index contributed by atoms with van der Waals surface area (Å²) in [4.78, 5) is 12.1. The van der Waals surface area contributed by atoms with Crippen molar-refractivity contribution in [2.45, 2.75) is 40.0 Å². The minimum Gasteiger partial charge on any atom is -0.303 e. The van der Waals surface area contributed by atoms with E-state index >= 15 is 0 Å². The number of rotatable bonds is 3. The zero-order valence-corrected chi connectivity index (χ0v) is 11.9. The number of nitrogens with one attached hydrogen (secondary N) is 2. The predicted molar refractivity (Wildman–Crippen MR) is 77.6 cm³/mol. The molecular formula is C16H22N2O. The van der Waals surface area contributed by atoms with Crippen LogP contribution in [0.4, 0.5) is 0 Å². The van der Waals surface area contributed by atoms with E-state index in [9.17, 15) is 4.79 Å². The third kappa shape index (κ3) is 3.60. The van der Waals surface area contributed by atoms with Crippen molar-refractivity contribution in [1.82, 2.24) is 10.9 Å². The molecule has 102 valence electrons. The molecule has 3 heteroatoms. The maximum absolute atomic E-state index is 12.1. The summed E-state index contributed by atoms with van der Waals surface area (Å²) in [7, 11) is 0. The van der Waals surface area contributed by atoms with E-state index in [1.165, 1.54) is 18.4 Å². The lowest BCUT2D eigenvalue weighted by Crippen LogP contribution is -2.37. The fraction of sp³-hybridized carbons (Fsp3) is 0.438. The summed E-state index contributed by atoms with van der Waals surface area (Å²) in [6.45, 7) is 6.19. The molecule has 3 nitrogen and oxygen atoms in total. The van der Waals surface area contributed by atoms with Crippen LogP contribution in [0.25, 0.3) is 0 Å². The van der Waals surface area contributed by atoms with Gasteiger partial charge in [-0.25, -0.2) is 0 Å². The van der Waals surface area contributed by atoms with Gasteiger partial charge in [-0.15, -0.1) is 0 Å². The second kappa shape index (κ2) is 5.91. The fourth-order valence-electron chi connectivity index (χ4n) is 2.50. The summed E-state index contributed by atoms with van der Waals surface area (Å²) >= 11 is 0. The van der Waals surface area contributed by atoms with Gasteiger partial charge in [-0.05, 0) is 50.7 Å². The van der Waals surface area contributed by atoms with Crippen LogP contribution in [0, 0.1) is 19.8 Å². The van der Waals surface area contributed by atoms with Crippen LogP contribution in [0.2, 0.25) is 0 Å². The second-order valence-corrected chi connectivity index (χ2v) is 5.46. The first kappa shape index (κ1) is 13.7. The van der Waals surface area contributed by atoms with Gasteiger partial charge < -0.3 is 5.43 Å². The summed E-state index contributed by atoms with van der Waals surface area (Å²) in [6.07, 6.45) is 5.62. The predicted octanol–water partition coefficient (Wildman–Crippen LogP) is 3.24. The van der Waals surface area contributed by atoms with E-state index in [2.05, 4.69) is 23.9 Å². The summed E-state index contributed by atoms with van der Waals surface area (Å²) in [5, 5.41) is 0. The number of hydrogen-bond acceptors (Lipinski definition) is 2. The number of carbonyl (C=O) groups excluding carboxylic acids is 1. The van der Waals surface area contributed by atoms with Crippen LogP contribution in [-0.4, -0.2) is 5.91 Å². The van der Waals surface area contributed by atoms with Crippen molar-refractivity contribution in [1.29, 1.82) is 0 Å². The van der Waals surface area contributed by atoms with Gasteiger partial charge in [0.2, 0.25) is 0 Å². The smallest absolute Gasteiger partial charge is 0.269 e. The molecule has 1 atom stereocenters. The minimum atomic E-state index is -0.0726. The van der Waals surface area contributed by atoms with E-state index in [1.807, 2.05) is 32.0 Å². The monoisotopic (exact) mass is 258 g/mol. The lowest BCUT2D eigenvalue weighted by atomic mass is 9.96. The van der Waals surface area contributed by atoms with E-state index < -0.39 is 0 Å². The molecule has 19 heavy (non-hydrogen) atoms. The van der Waals surface area contributed by atoms with Gasteiger partial charge in [0.25, 0.3) is 5.91 Å². The maximum Gasteiger partial charge on any atom is 0.269 e. The van der Waals surface area contributed by atoms with Crippen LogP contribution in [0.15, 0.2) is 30.0 Å². The van der Waals surface area contributed by atoms with E-state index in [-0.39, 0.29) is 5.91 Å². The fourth-order valence-corrected chi connectivity index (χ4v) is 2.50. The average Bonchev–Trinajstić information content (AvgIpc) is 2.36. The minimum absolute atomic E-state index is 0.0726. The molecule has 0 saturated heterocycles. The molecule has 0 unspecified atom stereocenters. The van der Waals surface area contributed by atoms with Gasteiger partial charge in [0.15, 0.2) is 0 Å². The number of benzene rings is 1. The highest BCUT2D eigenvalue weighted by molar-refractivity contribution is 5.95. The van der Waals surface area contributed by atoms with Gasteiger partial charge in [-0.2, -0.15) is 0 Å². The van der Waals surface area contributed by atoms with Crippen LogP contribution in [-0.2, 0) is 0 Å². The Kier molecular flexibility index (Phi) is 4.25. The third-order valence-corrected chi connectivity index (χ3v) is 3.55. The first-order chi connectivity index (χ1) is 9.06. The summed E-state index contributed by atoms with van der Waals surface area (Å²) < 4.78 is 0. The molecule has 1 aliphatic rings. The van der Waals surface area contributed by atoms with Crippen molar-refractivity contribution in [3.05, 3.63) is 46.7 Å². The molecule has 2 N–H and O–H groups in total. The molecule has 0 saturated carbocycles. The Morgan fingerprint density at radius 2 is 2.11 bits per heavy atom. The largest absolute Gasteiger partial charge is 0.303 e. The van der Waals surface area contributed by atoms with Gasteiger partial charge in [0.1, 0.15) is 0 Å². The van der Waals surface area contributed by atoms with Gasteiger partial charge in [0.05, 0.1) is 0 Å². The van der Waals surface area contributed by atoms with Gasteiger partial charge in [0, 0.05) is 11.3 Å². The molecule has 1 aliphatic carbocycles. The first-order valence-electron chi connectivity index (χ1n) is 6.90. The Hall–Kier alpha value is -1.77. The van der Waals surface area contributed by atoms with Crippen molar-refractivity contribution < 1.29 is 4.79 Å². The molecule has 0 aromatic heterocycles. The van der Waals surface area contributed by atoms with Crippen molar-refractivity contribution in [2.75, 3.05) is 0 Å². The zero-order chi connectivity index (χ0) is 13.8. The standard InChI is InChI=1S/C16H22N2O/c1-11-5-4-6-14(10-11)17-18-16(19)15-8-7-12(2)9-13(15)3/h7-11,17H,4-6H2,1-3H3,(H,18,19)/t11-/m1/s1. The Labute approximate surface area is 115 Å². The lowest BCUT2D eigenvalue weighted by Gasteiger charge is -2.19. The summed E-state index contributed by atoms with van der Waals surface area (Å²) in [5.41, 5.74) is 9.87. The van der Waals surface area contributed by atoms with Crippen molar-refractivity contribution in [2.24, 2.45) is 5.92 Å². The first-order valence-corrected chi connectivity index (χ1v) is 6.90. The molecule has 0 radical (unpaired) electrons. The van der Waals surface area contributed by atoms with Gasteiger partial charge in [-0.1, -0.05) is 30.7 Å². The van der Waals surface area contributed by atoms with Crippen LogP contribution < -0.4 is 10.9 Å². The van der Waals surface area contributed by atoms with Crippen LogP contribution >= 0.6 is 0 Å².